The van der Waals surface area contributed by atoms with Crippen LogP contribution in [0, 0.1) is 0 Å². The zero-order valence-corrected chi connectivity index (χ0v) is 40.5. The van der Waals surface area contributed by atoms with Gasteiger partial charge in [-0.25, -0.2) is 0 Å². The van der Waals surface area contributed by atoms with Crippen LogP contribution in [-0.4, -0.2) is 70.7 Å². The zero-order chi connectivity index (χ0) is 44.8. The highest BCUT2D eigenvalue weighted by atomic mass is 31.2. The van der Waals surface area contributed by atoms with E-state index in [0.717, 1.165) is 96.3 Å². The van der Waals surface area contributed by atoms with Gasteiger partial charge >= 0.3 is 5.97 Å². The summed E-state index contributed by atoms with van der Waals surface area (Å²) in [5.74, 6) is -0.363. The largest absolute Gasteiger partial charge is 0.756 e. The predicted molar refractivity (Wildman–Crippen MR) is 258 cm³/mol. The quantitative estimate of drug-likeness (QED) is 0.0198. The highest BCUT2D eigenvalue weighted by Gasteiger charge is 2.20. The van der Waals surface area contributed by atoms with Gasteiger partial charge in [0.05, 0.1) is 34.4 Å². The minimum atomic E-state index is -4.54. The summed E-state index contributed by atoms with van der Waals surface area (Å²) in [6.07, 6.45) is 60.0. The van der Waals surface area contributed by atoms with Crippen molar-refractivity contribution in [2.75, 3.05) is 54.1 Å². The lowest BCUT2D eigenvalue weighted by Gasteiger charge is -2.28. The standard InChI is InChI=1S/C52H90NO7P/c1-6-8-10-12-14-16-18-20-22-24-25-26-27-28-30-32-34-36-38-40-42-44-47-57-49-51(50-59-61(55,56)58-48-46-53(3,4)5)60-52(54)45-43-41-39-37-35-33-31-29-23-21-19-17-15-13-11-9-7-2/h8-11,14-17,20-23,25-26,31,33,51H,6-7,12-13,18-19,24,27-30,32,34-50H2,1-5H3/b10-8-,11-9-,16-14-,17-15-,22-20-,23-21-,26-25-,33-31-. The van der Waals surface area contributed by atoms with Gasteiger partial charge in [0.2, 0.25) is 0 Å². The number of rotatable bonds is 43. The van der Waals surface area contributed by atoms with E-state index in [-0.39, 0.29) is 32.2 Å². The molecule has 0 rings (SSSR count). The number of allylic oxidation sites excluding steroid dienone is 16. The topological polar surface area (TPSA) is 94.1 Å². The van der Waals surface area contributed by atoms with Gasteiger partial charge in [-0.2, -0.15) is 0 Å². The molecule has 0 fully saturated rings. The molecule has 0 bridgehead atoms. The van der Waals surface area contributed by atoms with E-state index in [2.05, 4.69) is 111 Å². The van der Waals surface area contributed by atoms with Gasteiger partial charge in [-0.05, 0) is 89.9 Å². The first-order chi connectivity index (χ1) is 29.6. The molecular formula is C52H90NO7P. The smallest absolute Gasteiger partial charge is 0.306 e. The van der Waals surface area contributed by atoms with E-state index in [1.165, 1.54) is 51.4 Å². The summed E-state index contributed by atoms with van der Waals surface area (Å²) in [6, 6.07) is 0. The van der Waals surface area contributed by atoms with E-state index in [9.17, 15) is 14.3 Å². The number of esters is 1. The molecule has 0 heterocycles. The first-order valence-electron chi connectivity index (χ1n) is 24.0. The van der Waals surface area contributed by atoms with Crippen LogP contribution in [0.15, 0.2) is 97.2 Å². The Labute approximate surface area is 375 Å². The first-order valence-corrected chi connectivity index (χ1v) is 25.4. The van der Waals surface area contributed by atoms with Crippen molar-refractivity contribution in [2.45, 2.75) is 174 Å². The fraction of sp³-hybridized carbons (Fsp3) is 0.673. The Morgan fingerprint density at radius 1 is 0.508 bits per heavy atom. The molecule has 8 nitrogen and oxygen atoms in total. The molecule has 0 N–H and O–H groups in total. The molecule has 0 aromatic rings. The van der Waals surface area contributed by atoms with Gasteiger partial charge in [0.15, 0.2) is 0 Å². The first kappa shape index (κ1) is 58.4. The molecule has 0 amide bonds. The van der Waals surface area contributed by atoms with Crippen LogP contribution >= 0.6 is 7.82 Å². The van der Waals surface area contributed by atoms with Crippen LogP contribution in [0.3, 0.4) is 0 Å². The number of hydrogen-bond donors (Lipinski definition) is 0. The Hall–Kier alpha value is -2.58. The van der Waals surface area contributed by atoms with Crippen molar-refractivity contribution in [1.29, 1.82) is 0 Å². The lowest BCUT2D eigenvalue weighted by molar-refractivity contribution is -0.870. The summed E-state index contributed by atoms with van der Waals surface area (Å²) >= 11 is 0. The summed E-state index contributed by atoms with van der Waals surface area (Å²) in [6.45, 7) is 5.11. The number of likely N-dealkylation sites (N-methyl/N-ethyl adjacent to an activating group) is 1. The average molecular weight is 872 g/mol. The highest BCUT2D eigenvalue weighted by molar-refractivity contribution is 7.45. The van der Waals surface area contributed by atoms with Crippen molar-refractivity contribution in [2.24, 2.45) is 0 Å². The molecule has 0 radical (unpaired) electrons. The van der Waals surface area contributed by atoms with Crippen LogP contribution in [0.25, 0.3) is 0 Å². The molecule has 9 heteroatoms. The molecule has 2 unspecified atom stereocenters. The second-order valence-electron chi connectivity index (χ2n) is 16.7. The molecule has 2 atom stereocenters. The van der Waals surface area contributed by atoms with Crippen LogP contribution in [0.2, 0.25) is 0 Å². The molecule has 0 saturated carbocycles. The van der Waals surface area contributed by atoms with E-state index in [0.29, 0.717) is 17.6 Å². The average Bonchev–Trinajstić information content (AvgIpc) is 3.22. The third-order valence-electron chi connectivity index (χ3n) is 9.63. The Kier molecular flexibility index (Phi) is 42.2. The summed E-state index contributed by atoms with van der Waals surface area (Å²) in [7, 11) is 1.32. The number of carbonyl (C=O) groups excluding carboxylic acids is 1. The van der Waals surface area contributed by atoms with E-state index in [1.807, 2.05) is 21.1 Å². The van der Waals surface area contributed by atoms with Crippen LogP contribution < -0.4 is 4.89 Å². The molecule has 0 aliphatic rings. The van der Waals surface area contributed by atoms with Gasteiger partial charge in [-0.1, -0.05) is 169 Å². The lowest BCUT2D eigenvalue weighted by atomic mass is 10.1. The van der Waals surface area contributed by atoms with Crippen LogP contribution in [-0.2, 0) is 27.9 Å². The number of phosphoric ester groups is 1. The summed E-state index contributed by atoms with van der Waals surface area (Å²) in [5.41, 5.74) is 0. The van der Waals surface area contributed by atoms with Gasteiger partial charge in [0.25, 0.3) is 7.82 Å². The Balaban J connectivity index is 4.24. The predicted octanol–water partition coefficient (Wildman–Crippen LogP) is 14.0. The Bertz CT molecular complexity index is 1290. The van der Waals surface area contributed by atoms with Gasteiger partial charge in [-0.15, -0.1) is 0 Å². The Morgan fingerprint density at radius 3 is 1.34 bits per heavy atom. The number of quaternary nitrogens is 1. The SMILES string of the molecule is CC/C=C\C/C=C\C/C=C\C/C=C\CCCCCCCCCCCOCC(COP(=O)([O-])OCC[N+](C)(C)C)OC(=O)CCCCCC/C=C\C/C=C\C/C=C\C/C=C\CC. The van der Waals surface area contributed by atoms with E-state index >= 15 is 0 Å². The minimum Gasteiger partial charge on any atom is -0.756 e. The molecule has 0 aromatic carbocycles. The molecule has 350 valence electrons. The third kappa shape index (κ3) is 48.3. The van der Waals surface area contributed by atoms with Gasteiger partial charge in [-0.3, -0.25) is 9.36 Å². The van der Waals surface area contributed by atoms with Crippen LogP contribution in [0.1, 0.15) is 168 Å². The molecule has 0 spiro atoms. The van der Waals surface area contributed by atoms with Crippen molar-refractivity contribution in [3.63, 3.8) is 0 Å². The van der Waals surface area contributed by atoms with Crippen molar-refractivity contribution in [1.82, 2.24) is 0 Å². The molecule has 61 heavy (non-hydrogen) atoms. The Morgan fingerprint density at radius 2 is 0.902 bits per heavy atom. The minimum absolute atomic E-state index is 0.0141. The van der Waals surface area contributed by atoms with Crippen LogP contribution in [0.5, 0.6) is 0 Å². The number of nitrogens with zero attached hydrogens (tertiary/aromatic N) is 1. The van der Waals surface area contributed by atoms with Gasteiger partial charge in [0.1, 0.15) is 19.3 Å². The number of carbonyl (C=O) groups is 1. The van der Waals surface area contributed by atoms with Crippen molar-refractivity contribution < 1.29 is 37.3 Å². The lowest BCUT2D eigenvalue weighted by Crippen LogP contribution is -2.37. The summed E-state index contributed by atoms with van der Waals surface area (Å²) in [5, 5.41) is 0. The van der Waals surface area contributed by atoms with E-state index in [4.69, 9.17) is 18.5 Å². The molecule has 0 saturated heterocycles. The van der Waals surface area contributed by atoms with Crippen molar-refractivity contribution in [3.8, 4) is 0 Å². The molecular weight excluding hydrogens is 782 g/mol. The van der Waals surface area contributed by atoms with Gasteiger partial charge < -0.3 is 27.9 Å². The summed E-state index contributed by atoms with van der Waals surface area (Å²) in [4.78, 5) is 25.1. The molecule has 0 aromatic heterocycles. The number of phosphoric acid groups is 1. The van der Waals surface area contributed by atoms with E-state index in [1.54, 1.807) is 0 Å². The highest BCUT2D eigenvalue weighted by Crippen LogP contribution is 2.38. The monoisotopic (exact) mass is 872 g/mol. The maximum atomic E-state index is 12.7. The normalized spacial score (nSPS) is 14.5. The second-order valence-corrected chi connectivity index (χ2v) is 18.1. The van der Waals surface area contributed by atoms with Gasteiger partial charge in [0, 0.05) is 13.0 Å². The van der Waals surface area contributed by atoms with E-state index < -0.39 is 13.9 Å². The fourth-order valence-corrected chi connectivity index (χ4v) is 6.73. The molecule has 0 aliphatic heterocycles. The van der Waals surface area contributed by atoms with Crippen molar-refractivity contribution >= 4 is 13.8 Å². The summed E-state index contributed by atoms with van der Waals surface area (Å²) < 4.78 is 34.7. The number of hydrogen-bond acceptors (Lipinski definition) is 7. The van der Waals surface area contributed by atoms with Crippen molar-refractivity contribution in [3.05, 3.63) is 97.2 Å². The number of unbranched alkanes of at least 4 members (excludes halogenated alkanes) is 13. The second kappa shape index (κ2) is 44.0. The third-order valence-corrected chi connectivity index (χ3v) is 10.6. The maximum Gasteiger partial charge on any atom is 0.306 e. The maximum absolute atomic E-state index is 12.7. The fourth-order valence-electron chi connectivity index (χ4n) is 6.00. The van der Waals surface area contributed by atoms with Crippen LogP contribution in [0.4, 0.5) is 0 Å². The molecule has 0 aliphatic carbocycles. The number of ether oxygens (including phenoxy) is 2. The zero-order valence-electron chi connectivity index (χ0n) is 39.6.